The number of nitrogens with one attached hydrogen (secondary N) is 2. The van der Waals surface area contributed by atoms with Gasteiger partial charge in [0.1, 0.15) is 17.4 Å². The number of ether oxygens (including phenoxy) is 1. The lowest BCUT2D eigenvalue weighted by atomic mass is 10.0. The van der Waals surface area contributed by atoms with E-state index >= 15 is 0 Å². The SMILES string of the molecule is CC[C@@H](C)NC(=O)[C@@H](Cc1cc(I)c(O)c(I)c1)NC(=O)OC(C)(C)C. The summed E-state index contributed by atoms with van der Waals surface area (Å²) in [4.78, 5) is 24.8. The Morgan fingerprint density at radius 3 is 2.19 bits per heavy atom. The van der Waals surface area contributed by atoms with Crippen LogP contribution >= 0.6 is 45.2 Å². The molecule has 1 aromatic rings. The maximum Gasteiger partial charge on any atom is 0.408 e. The Hall–Kier alpha value is -0.780. The van der Waals surface area contributed by atoms with Gasteiger partial charge in [0.15, 0.2) is 0 Å². The third kappa shape index (κ3) is 7.85. The van der Waals surface area contributed by atoms with E-state index in [4.69, 9.17) is 4.74 Å². The van der Waals surface area contributed by atoms with Gasteiger partial charge in [0.05, 0.1) is 7.14 Å². The minimum absolute atomic E-state index is 0.00512. The van der Waals surface area contributed by atoms with Crippen LogP contribution in [-0.4, -0.2) is 34.8 Å². The van der Waals surface area contributed by atoms with Crippen LogP contribution < -0.4 is 10.6 Å². The Labute approximate surface area is 182 Å². The molecule has 1 rings (SSSR count). The quantitative estimate of drug-likeness (QED) is 0.440. The molecule has 3 N–H and O–H groups in total. The van der Waals surface area contributed by atoms with Gasteiger partial charge >= 0.3 is 6.09 Å². The van der Waals surface area contributed by atoms with E-state index < -0.39 is 17.7 Å². The predicted molar refractivity (Wildman–Crippen MR) is 118 cm³/mol. The van der Waals surface area contributed by atoms with Crippen LogP contribution in [0.15, 0.2) is 12.1 Å². The zero-order valence-corrected chi connectivity index (χ0v) is 20.0. The van der Waals surface area contributed by atoms with Gasteiger partial charge in [-0.1, -0.05) is 6.92 Å². The first kappa shape index (κ1) is 23.3. The highest BCUT2D eigenvalue weighted by Gasteiger charge is 2.26. The second-order valence-corrected chi connectivity index (χ2v) is 9.45. The van der Waals surface area contributed by atoms with E-state index in [9.17, 15) is 14.7 Å². The number of rotatable bonds is 6. The summed E-state index contributed by atoms with van der Waals surface area (Å²) in [5.41, 5.74) is 0.197. The van der Waals surface area contributed by atoms with Gasteiger partial charge in [0.2, 0.25) is 5.91 Å². The Morgan fingerprint density at radius 1 is 1.19 bits per heavy atom. The zero-order valence-electron chi connectivity index (χ0n) is 15.7. The number of halogens is 2. The third-order valence-electron chi connectivity index (χ3n) is 3.52. The molecule has 6 nitrogen and oxygen atoms in total. The highest BCUT2D eigenvalue weighted by molar-refractivity contribution is 14.1. The number of phenolic OH excluding ortho intramolecular Hbond substituents is 1. The van der Waals surface area contributed by atoms with E-state index in [0.717, 1.165) is 12.0 Å². The maximum atomic E-state index is 12.6. The van der Waals surface area contributed by atoms with Gasteiger partial charge in [0, 0.05) is 12.5 Å². The van der Waals surface area contributed by atoms with Gasteiger partial charge in [-0.3, -0.25) is 4.79 Å². The van der Waals surface area contributed by atoms with Crippen LogP contribution in [0.1, 0.15) is 46.6 Å². The Balaban J connectivity index is 3.00. The van der Waals surface area contributed by atoms with Crippen molar-refractivity contribution in [2.24, 2.45) is 0 Å². The fourth-order valence-electron chi connectivity index (χ4n) is 2.08. The van der Waals surface area contributed by atoms with Crippen LogP contribution in [0.25, 0.3) is 0 Å². The Kier molecular flexibility index (Phi) is 8.90. The molecule has 0 radical (unpaired) electrons. The van der Waals surface area contributed by atoms with Crippen LogP contribution in [0, 0.1) is 7.14 Å². The Morgan fingerprint density at radius 2 is 1.73 bits per heavy atom. The molecule has 8 heteroatoms. The highest BCUT2D eigenvalue weighted by atomic mass is 127. The molecule has 0 saturated heterocycles. The number of carbonyl (C=O) groups excluding carboxylic acids is 2. The number of hydrogen-bond donors (Lipinski definition) is 3. The van der Waals surface area contributed by atoms with Crippen molar-refractivity contribution in [2.75, 3.05) is 0 Å². The number of aromatic hydroxyl groups is 1. The van der Waals surface area contributed by atoms with Crippen molar-refractivity contribution in [3.05, 3.63) is 24.8 Å². The fraction of sp³-hybridized carbons (Fsp3) is 0.556. The zero-order chi connectivity index (χ0) is 20.1. The number of carbonyl (C=O) groups is 2. The number of alkyl carbamates (subject to hydrolysis) is 1. The number of phenols is 1. The molecule has 0 aliphatic heterocycles. The van der Waals surface area contributed by atoms with E-state index in [-0.39, 0.29) is 17.7 Å². The van der Waals surface area contributed by atoms with Gasteiger partial charge in [-0.2, -0.15) is 0 Å². The van der Waals surface area contributed by atoms with Gasteiger partial charge in [-0.15, -0.1) is 0 Å². The second-order valence-electron chi connectivity index (χ2n) is 7.13. The fourth-order valence-corrected chi connectivity index (χ4v) is 3.97. The Bertz CT molecular complexity index is 636. The molecule has 0 unspecified atom stereocenters. The first-order valence-electron chi connectivity index (χ1n) is 8.39. The molecule has 0 aliphatic rings. The van der Waals surface area contributed by atoms with E-state index in [2.05, 4.69) is 10.6 Å². The van der Waals surface area contributed by atoms with Crippen LogP contribution in [0.3, 0.4) is 0 Å². The van der Waals surface area contributed by atoms with E-state index in [1.807, 2.05) is 59.0 Å². The largest absolute Gasteiger partial charge is 0.506 e. The predicted octanol–water partition coefficient (Wildman–Crippen LogP) is 3.95. The van der Waals surface area contributed by atoms with E-state index in [1.165, 1.54) is 0 Å². The van der Waals surface area contributed by atoms with Crippen molar-refractivity contribution in [2.45, 2.75) is 65.1 Å². The molecule has 0 aliphatic carbocycles. The number of hydrogen-bond acceptors (Lipinski definition) is 4. The lowest BCUT2D eigenvalue weighted by Crippen LogP contribution is -2.51. The normalized spacial score (nSPS) is 13.7. The van der Waals surface area contributed by atoms with Crippen LogP contribution in [-0.2, 0) is 16.0 Å². The summed E-state index contributed by atoms with van der Waals surface area (Å²) in [5, 5.41) is 15.5. The molecule has 0 spiro atoms. The average molecular weight is 588 g/mol. The van der Waals surface area contributed by atoms with Gasteiger partial charge < -0.3 is 20.5 Å². The van der Waals surface area contributed by atoms with Gasteiger partial charge in [-0.05, 0) is 97.0 Å². The average Bonchev–Trinajstić information content (AvgIpc) is 2.49. The van der Waals surface area contributed by atoms with Crippen molar-refractivity contribution in [1.82, 2.24) is 10.6 Å². The van der Waals surface area contributed by atoms with E-state index in [0.29, 0.717) is 13.6 Å². The smallest absolute Gasteiger partial charge is 0.408 e. The molecule has 0 saturated carbocycles. The van der Waals surface area contributed by atoms with Crippen molar-refractivity contribution >= 4 is 57.2 Å². The van der Waals surface area contributed by atoms with Crippen LogP contribution in [0.4, 0.5) is 4.79 Å². The van der Waals surface area contributed by atoms with Gasteiger partial charge in [-0.25, -0.2) is 4.79 Å². The van der Waals surface area contributed by atoms with Crippen molar-refractivity contribution in [3.63, 3.8) is 0 Å². The lowest BCUT2D eigenvalue weighted by Gasteiger charge is -2.24. The molecule has 1 aromatic carbocycles. The van der Waals surface area contributed by atoms with Crippen molar-refractivity contribution < 1.29 is 19.4 Å². The summed E-state index contributed by atoms with van der Waals surface area (Å²) >= 11 is 4.08. The highest BCUT2D eigenvalue weighted by Crippen LogP contribution is 2.28. The first-order valence-corrected chi connectivity index (χ1v) is 10.6. The number of benzene rings is 1. The molecule has 0 bridgehead atoms. The van der Waals surface area contributed by atoms with E-state index in [1.54, 1.807) is 32.9 Å². The summed E-state index contributed by atoms with van der Waals surface area (Å²) in [5.74, 6) is -0.0426. The monoisotopic (exact) mass is 588 g/mol. The minimum atomic E-state index is -0.769. The molecule has 2 atom stereocenters. The molecule has 146 valence electrons. The molecule has 26 heavy (non-hydrogen) atoms. The van der Waals surface area contributed by atoms with Crippen molar-refractivity contribution in [3.8, 4) is 5.75 Å². The minimum Gasteiger partial charge on any atom is -0.506 e. The summed E-state index contributed by atoms with van der Waals surface area (Å²) in [6.45, 7) is 9.20. The van der Waals surface area contributed by atoms with Crippen molar-refractivity contribution in [1.29, 1.82) is 0 Å². The topological polar surface area (TPSA) is 87.7 Å². The number of amides is 2. The summed E-state index contributed by atoms with van der Waals surface area (Å²) < 4.78 is 6.68. The summed E-state index contributed by atoms with van der Waals surface area (Å²) in [7, 11) is 0. The second kappa shape index (κ2) is 9.95. The summed E-state index contributed by atoms with van der Waals surface area (Å²) in [6, 6.07) is 2.84. The maximum absolute atomic E-state index is 12.6. The molecular formula is C18H26I2N2O4. The van der Waals surface area contributed by atoms with Crippen LogP contribution in [0.5, 0.6) is 5.75 Å². The third-order valence-corrected chi connectivity index (χ3v) is 5.17. The molecule has 2 amide bonds. The first-order chi connectivity index (χ1) is 11.9. The molecule has 0 fully saturated rings. The summed E-state index contributed by atoms with van der Waals surface area (Å²) in [6.07, 6.45) is 0.457. The molecule has 0 aromatic heterocycles. The molecule has 0 heterocycles. The lowest BCUT2D eigenvalue weighted by molar-refractivity contribution is -0.123. The molecular weight excluding hydrogens is 562 g/mol. The van der Waals surface area contributed by atoms with Gasteiger partial charge in [0.25, 0.3) is 0 Å². The standard InChI is InChI=1S/C18H26I2N2O4/c1-6-10(2)21-16(24)14(22-17(25)26-18(3,4)5)9-11-7-12(19)15(23)13(20)8-11/h7-8,10,14,23H,6,9H2,1-5H3,(H,21,24)(H,22,25)/t10-,14-/m1/s1. The van der Waals surface area contributed by atoms with Crippen LogP contribution in [0.2, 0.25) is 0 Å².